The number of nitrogens with zero attached hydrogens (tertiary/aromatic N) is 1. The molecule has 21 heavy (non-hydrogen) atoms. The van der Waals surface area contributed by atoms with Gasteiger partial charge in [0.2, 0.25) is 0 Å². The van der Waals surface area contributed by atoms with E-state index in [4.69, 9.17) is 28.9 Å². The summed E-state index contributed by atoms with van der Waals surface area (Å²) in [5.41, 5.74) is 6.37. The van der Waals surface area contributed by atoms with E-state index < -0.39 is 0 Å². The van der Waals surface area contributed by atoms with Crippen LogP contribution in [0.15, 0.2) is 18.2 Å². The number of amides is 1. The van der Waals surface area contributed by atoms with Gasteiger partial charge in [-0.05, 0) is 44.4 Å². The topological polar surface area (TPSA) is 46.3 Å². The second-order valence-corrected chi connectivity index (χ2v) is 6.33. The van der Waals surface area contributed by atoms with Crippen molar-refractivity contribution in [3.63, 3.8) is 0 Å². The monoisotopic (exact) mass is 328 g/mol. The van der Waals surface area contributed by atoms with Gasteiger partial charge in [-0.1, -0.05) is 42.1 Å². The van der Waals surface area contributed by atoms with Crippen molar-refractivity contribution in [1.82, 2.24) is 4.90 Å². The van der Waals surface area contributed by atoms with Crippen molar-refractivity contribution in [2.24, 2.45) is 11.7 Å². The van der Waals surface area contributed by atoms with E-state index in [2.05, 4.69) is 0 Å². The van der Waals surface area contributed by atoms with E-state index >= 15 is 0 Å². The minimum absolute atomic E-state index is 0.0460. The first-order valence-electron chi connectivity index (χ1n) is 7.55. The summed E-state index contributed by atoms with van der Waals surface area (Å²) in [6.07, 6.45) is 4.45. The van der Waals surface area contributed by atoms with Crippen molar-refractivity contribution in [2.45, 2.75) is 38.6 Å². The molecule has 5 heteroatoms. The lowest BCUT2D eigenvalue weighted by molar-refractivity contribution is 0.0560. The van der Waals surface area contributed by atoms with Gasteiger partial charge >= 0.3 is 0 Å². The number of carbonyl (C=O) groups is 1. The van der Waals surface area contributed by atoms with Crippen LogP contribution in [-0.4, -0.2) is 29.9 Å². The van der Waals surface area contributed by atoms with Crippen molar-refractivity contribution >= 4 is 29.1 Å². The van der Waals surface area contributed by atoms with Gasteiger partial charge in [0.1, 0.15) is 0 Å². The fraction of sp³-hybridized carbons (Fsp3) is 0.562. The summed E-state index contributed by atoms with van der Waals surface area (Å²) in [5, 5.41) is 0.750. The van der Waals surface area contributed by atoms with Crippen molar-refractivity contribution in [2.75, 3.05) is 13.1 Å². The van der Waals surface area contributed by atoms with Gasteiger partial charge in [-0.25, -0.2) is 0 Å². The highest BCUT2D eigenvalue weighted by Crippen LogP contribution is 2.31. The summed E-state index contributed by atoms with van der Waals surface area (Å²) < 4.78 is 0. The van der Waals surface area contributed by atoms with E-state index in [1.54, 1.807) is 18.2 Å². The molecule has 0 heterocycles. The predicted molar refractivity (Wildman–Crippen MR) is 88.0 cm³/mol. The molecule has 1 aliphatic rings. The molecule has 1 amide bonds. The van der Waals surface area contributed by atoms with Gasteiger partial charge in [0.25, 0.3) is 5.91 Å². The first-order chi connectivity index (χ1) is 10.1. The molecule has 2 unspecified atom stereocenters. The molecule has 0 bridgehead atoms. The van der Waals surface area contributed by atoms with E-state index in [-0.39, 0.29) is 11.9 Å². The Morgan fingerprint density at radius 3 is 2.71 bits per heavy atom. The van der Waals surface area contributed by atoms with Crippen LogP contribution in [0.4, 0.5) is 0 Å². The summed E-state index contributed by atoms with van der Waals surface area (Å²) in [6.45, 7) is 3.28. The fourth-order valence-electron chi connectivity index (χ4n) is 3.23. The molecular formula is C16H22Cl2N2O. The Kier molecular flexibility index (Phi) is 5.91. The largest absolute Gasteiger partial charge is 0.336 e. The van der Waals surface area contributed by atoms with Crippen molar-refractivity contribution in [3.8, 4) is 0 Å². The Hall–Kier alpha value is -0.770. The highest BCUT2D eigenvalue weighted by atomic mass is 35.5. The third kappa shape index (κ3) is 3.53. The Labute approximate surface area is 136 Å². The molecule has 1 aromatic carbocycles. The first kappa shape index (κ1) is 16.6. The third-order valence-electron chi connectivity index (χ3n) is 4.36. The molecule has 1 aliphatic carbocycles. The maximum atomic E-state index is 12.9. The molecule has 0 saturated heterocycles. The van der Waals surface area contributed by atoms with Crippen LogP contribution in [0, 0.1) is 5.92 Å². The van der Waals surface area contributed by atoms with Gasteiger partial charge in [-0.3, -0.25) is 4.79 Å². The van der Waals surface area contributed by atoms with Crippen molar-refractivity contribution in [1.29, 1.82) is 0 Å². The number of hydrogen-bond donors (Lipinski definition) is 1. The SMILES string of the molecule is CCN(C(=O)c1cccc(Cl)c1Cl)C1CCCCC1CN. The molecule has 0 spiro atoms. The molecule has 1 aromatic rings. The standard InChI is InChI=1S/C16H22Cl2N2O/c1-2-20(14-9-4-3-6-11(14)10-19)16(21)12-7-5-8-13(17)15(12)18/h5,7-8,11,14H,2-4,6,9-10,19H2,1H3. The van der Waals surface area contributed by atoms with Crippen LogP contribution in [0.5, 0.6) is 0 Å². The maximum absolute atomic E-state index is 12.9. The fourth-order valence-corrected chi connectivity index (χ4v) is 3.61. The summed E-state index contributed by atoms with van der Waals surface area (Å²) in [5.74, 6) is 0.330. The molecule has 116 valence electrons. The van der Waals surface area contributed by atoms with Gasteiger partial charge in [0.15, 0.2) is 0 Å². The lowest BCUT2D eigenvalue weighted by Gasteiger charge is -2.39. The molecule has 1 saturated carbocycles. The molecule has 1 fully saturated rings. The summed E-state index contributed by atoms with van der Waals surface area (Å²) in [7, 11) is 0. The summed E-state index contributed by atoms with van der Waals surface area (Å²) in [6, 6.07) is 5.40. The Morgan fingerprint density at radius 1 is 1.33 bits per heavy atom. The highest BCUT2D eigenvalue weighted by Gasteiger charge is 2.32. The van der Waals surface area contributed by atoms with Gasteiger partial charge in [0, 0.05) is 12.6 Å². The molecular weight excluding hydrogens is 307 g/mol. The van der Waals surface area contributed by atoms with Crippen LogP contribution in [0.2, 0.25) is 10.0 Å². The van der Waals surface area contributed by atoms with Crippen LogP contribution in [-0.2, 0) is 0 Å². The number of nitrogens with two attached hydrogens (primary N) is 1. The number of carbonyl (C=O) groups excluding carboxylic acids is 1. The molecule has 0 aromatic heterocycles. The van der Waals surface area contributed by atoms with Gasteiger partial charge in [0.05, 0.1) is 15.6 Å². The van der Waals surface area contributed by atoms with Crippen molar-refractivity contribution < 1.29 is 4.79 Å². The van der Waals surface area contributed by atoms with E-state index in [1.165, 1.54) is 6.42 Å². The number of benzene rings is 1. The lowest BCUT2D eigenvalue weighted by atomic mass is 9.83. The minimum atomic E-state index is -0.0460. The zero-order chi connectivity index (χ0) is 15.4. The minimum Gasteiger partial charge on any atom is -0.336 e. The van der Waals surface area contributed by atoms with Crippen LogP contribution in [0.1, 0.15) is 43.0 Å². The van der Waals surface area contributed by atoms with Gasteiger partial charge < -0.3 is 10.6 Å². The van der Waals surface area contributed by atoms with E-state index in [0.717, 1.165) is 19.3 Å². The molecule has 3 nitrogen and oxygen atoms in total. The first-order valence-corrected chi connectivity index (χ1v) is 8.30. The normalized spacial score (nSPS) is 22.1. The molecule has 2 atom stereocenters. The van der Waals surface area contributed by atoms with E-state index in [0.29, 0.717) is 34.6 Å². The smallest absolute Gasteiger partial charge is 0.255 e. The lowest BCUT2D eigenvalue weighted by Crippen LogP contribution is -2.48. The zero-order valence-electron chi connectivity index (χ0n) is 12.3. The molecule has 2 rings (SSSR count). The van der Waals surface area contributed by atoms with Gasteiger partial charge in [-0.15, -0.1) is 0 Å². The molecule has 0 radical (unpaired) electrons. The van der Waals surface area contributed by atoms with Crippen LogP contribution >= 0.6 is 23.2 Å². The second kappa shape index (κ2) is 7.48. The Bertz CT molecular complexity index is 507. The van der Waals surface area contributed by atoms with E-state index in [1.807, 2.05) is 11.8 Å². The quantitative estimate of drug-likeness (QED) is 0.908. The van der Waals surface area contributed by atoms with Crippen LogP contribution < -0.4 is 5.73 Å². The molecule has 0 aliphatic heterocycles. The van der Waals surface area contributed by atoms with Crippen molar-refractivity contribution in [3.05, 3.63) is 33.8 Å². The predicted octanol–water partition coefficient (Wildman–Crippen LogP) is 3.97. The Balaban J connectivity index is 2.27. The number of halogens is 2. The highest BCUT2D eigenvalue weighted by molar-refractivity contribution is 6.43. The summed E-state index contributed by atoms with van der Waals surface area (Å²) >= 11 is 12.2. The van der Waals surface area contributed by atoms with Gasteiger partial charge in [-0.2, -0.15) is 0 Å². The number of hydrogen-bond acceptors (Lipinski definition) is 2. The third-order valence-corrected chi connectivity index (χ3v) is 5.17. The molecule has 2 N–H and O–H groups in total. The van der Waals surface area contributed by atoms with Crippen LogP contribution in [0.25, 0.3) is 0 Å². The Morgan fingerprint density at radius 2 is 2.05 bits per heavy atom. The average molecular weight is 329 g/mol. The average Bonchev–Trinajstić information content (AvgIpc) is 2.51. The van der Waals surface area contributed by atoms with Crippen LogP contribution in [0.3, 0.4) is 0 Å². The number of rotatable bonds is 4. The zero-order valence-corrected chi connectivity index (χ0v) is 13.8. The maximum Gasteiger partial charge on any atom is 0.255 e. The van der Waals surface area contributed by atoms with E-state index in [9.17, 15) is 4.79 Å². The second-order valence-electron chi connectivity index (χ2n) is 5.54. The summed E-state index contributed by atoms with van der Waals surface area (Å²) in [4.78, 5) is 14.8.